The Labute approximate surface area is 178 Å². The number of anilines is 1. The standard InChI is InChI=1S/C21H20FN3O5S/c1-12-4-9-17(31(28,29)25-16-7-5-15(22)6-8-16)11-18(12)20(26)23-24-21(27)19-10-13(2)30-14(19)3/h4-11,25H,1-3H3,(H,23,26)(H,24,27). The molecule has 0 fully saturated rings. The highest BCUT2D eigenvalue weighted by molar-refractivity contribution is 7.92. The van der Waals surface area contributed by atoms with Crippen LogP contribution in [0.3, 0.4) is 0 Å². The second-order valence-electron chi connectivity index (χ2n) is 6.82. The lowest BCUT2D eigenvalue weighted by molar-refractivity contribution is 0.0845. The van der Waals surface area contributed by atoms with E-state index in [4.69, 9.17) is 4.42 Å². The molecule has 0 aliphatic heterocycles. The molecule has 0 saturated carbocycles. The third-order valence-corrected chi connectivity index (χ3v) is 5.81. The molecule has 1 heterocycles. The quantitative estimate of drug-likeness (QED) is 0.521. The summed E-state index contributed by atoms with van der Waals surface area (Å²) in [4.78, 5) is 24.6. The Balaban J connectivity index is 1.76. The zero-order valence-electron chi connectivity index (χ0n) is 16.9. The Bertz CT molecular complexity index is 1250. The van der Waals surface area contributed by atoms with Crippen LogP contribution in [-0.2, 0) is 10.0 Å². The monoisotopic (exact) mass is 445 g/mol. The average molecular weight is 445 g/mol. The maximum Gasteiger partial charge on any atom is 0.273 e. The van der Waals surface area contributed by atoms with Gasteiger partial charge in [-0.2, -0.15) is 0 Å². The number of hydrogen-bond donors (Lipinski definition) is 3. The highest BCUT2D eigenvalue weighted by Gasteiger charge is 2.20. The van der Waals surface area contributed by atoms with Crippen LogP contribution >= 0.6 is 0 Å². The van der Waals surface area contributed by atoms with Gasteiger partial charge in [0, 0.05) is 11.3 Å². The summed E-state index contributed by atoms with van der Waals surface area (Å²) >= 11 is 0. The number of halogens is 1. The Morgan fingerprint density at radius 2 is 1.48 bits per heavy atom. The first-order valence-electron chi connectivity index (χ1n) is 9.13. The summed E-state index contributed by atoms with van der Waals surface area (Å²) in [6, 6.07) is 10.4. The molecule has 10 heteroatoms. The normalized spacial score (nSPS) is 11.1. The molecule has 1 aromatic heterocycles. The molecule has 3 aromatic rings. The van der Waals surface area contributed by atoms with Crippen LogP contribution in [0.1, 0.15) is 37.8 Å². The molecular formula is C21H20FN3O5S. The van der Waals surface area contributed by atoms with Gasteiger partial charge in [-0.25, -0.2) is 12.8 Å². The molecule has 0 spiro atoms. The number of sulfonamides is 1. The molecule has 162 valence electrons. The van der Waals surface area contributed by atoms with E-state index < -0.39 is 27.7 Å². The molecule has 2 amide bonds. The van der Waals surface area contributed by atoms with Crippen molar-refractivity contribution in [3.05, 3.63) is 82.6 Å². The summed E-state index contributed by atoms with van der Waals surface area (Å²) in [5.41, 5.74) is 5.56. The summed E-state index contributed by atoms with van der Waals surface area (Å²) in [7, 11) is -4.03. The molecule has 0 saturated heterocycles. The summed E-state index contributed by atoms with van der Waals surface area (Å²) in [5.74, 6) is -0.804. The number of carbonyl (C=O) groups is 2. The van der Waals surface area contributed by atoms with Crippen LogP contribution in [0, 0.1) is 26.6 Å². The van der Waals surface area contributed by atoms with Crippen LogP contribution in [0.5, 0.6) is 0 Å². The molecule has 0 aliphatic carbocycles. The number of benzene rings is 2. The minimum absolute atomic E-state index is 0.0578. The Morgan fingerprint density at radius 3 is 2.06 bits per heavy atom. The molecule has 2 aromatic carbocycles. The van der Waals surface area contributed by atoms with Gasteiger partial charge in [0.1, 0.15) is 17.3 Å². The van der Waals surface area contributed by atoms with E-state index in [9.17, 15) is 22.4 Å². The van der Waals surface area contributed by atoms with Gasteiger partial charge in [-0.15, -0.1) is 0 Å². The van der Waals surface area contributed by atoms with Crippen molar-refractivity contribution in [3.8, 4) is 0 Å². The van der Waals surface area contributed by atoms with Crippen molar-refractivity contribution >= 4 is 27.5 Å². The number of carbonyl (C=O) groups excluding carboxylic acids is 2. The molecule has 3 rings (SSSR count). The molecule has 0 radical (unpaired) electrons. The van der Waals surface area contributed by atoms with Gasteiger partial charge in [-0.1, -0.05) is 6.07 Å². The van der Waals surface area contributed by atoms with Crippen LogP contribution in [0.4, 0.5) is 10.1 Å². The summed E-state index contributed by atoms with van der Waals surface area (Å²) in [6.07, 6.45) is 0. The van der Waals surface area contributed by atoms with Crippen molar-refractivity contribution in [1.82, 2.24) is 10.9 Å². The predicted octanol–water partition coefficient (Wildman–Crippen LogP) is 3.22. The number of aryl methyl sites for hydroxylation is 3. The SMILES string of the molecule is Cc1cc(C(=O)NNC(=O)c2cc(S(=O)(=O)Nc3ccc(F)cc3)ccc2C)c(C)o1. The molecular weight excluding hydrogens is 425 g/mol. The van der Waals surface area contributed by atoms with E-state index in [1.807, 2.05) is 0 Å². The number of nitrogens with one attached hydrogen (secondary N) is 3. The second-order valence-corrected chi connectivity index (χ2v) is 8.51. The first kappa shape index (κ1) is 22.0. The maximum atomic E-state index is 13.0. The number of amides is 2. The van der Waals surface area contributed by atoms with E-state index in [0.29, 0.717) is 17.1 Å². The lowest BCUT2D eigenvalue weighted by Crippen LogP contribution is -2.42. The zero-order valence-corrected chi connectivity index (χ0v) is 17.8. The molecule has 3 N–H and O–H groups in total. The van der Waals surface area contributed by atoms with Gasteiger partial charge in [0.25, 0.3) is 21.8 Å². The number of hydrazine groups is 1. The Morgan fingerprint density at radius 1 is 0.871 bits per heavy atom. The van der Waals surface area contributed by atoms with Crippen LogP contribution in [-0.4, -0.2) is 20.2 Å². The predicted molar refractivity (Wildman–Crippen MR) is 112 cm³/mol. The van der Waals surface area contributed by atoms with Crippen molar-refractivity contribution in [3.63, 3.8) is 0 Å². The topological polar surface area (TPSA) is 118 Å². The number of furan rings is 1. The fourth-order valence-electron chi connectivity index (χ4n) is 2.85. The largest absolute Gasteiger partial charge is 0.466 e. The Hall–Kier alpha value is -3.66. The van der Waals surface area contributed by atoms with E-state index >= 15 is 0 Å². The van der Waals surface area contributed by atoms with Crippen molar-refractivity contribution in [2.24, 2.45) is 0 Å². The van der Waals surface area contributed by atoms with Crippen molar-refractivity contribution < 1.29 is 26.8 Å². The van der Waals surface area contributed by atoms with Gasteiger partial charge in [0.15, 0.2) is 0 Å². The average Bonchev–Trinajstić information content (AvgIpc) is 3.05. The number of hydrogen-bond acceptors (Lipinski definition) is 5. The van der Waals surface area contributed by atoms with Gasteiger partial charge in [-0.05, 0) is 68.8 Å². The molecule has 0 unspecified atom stereocenters. The van der Waals surface area contributed by atoms with Crippen LogP contribution in [0.2, 0.25) is 0 Å². The molecule has 31 heavy (non-hydrogen) atoms. The highest BCUT2D eigenvalue weighted by Crippen LogP contribution is 2.20. The lowest BCUT2D eigenvalue weighted by atomic mass is 10.1. The third kappa shape index (κ3) is 5.10. The lowest BCUT2D eigenvalue weighted by Gasteiger charge is -2.12. The van der Waals surface area contributed by atoms with Crippen molar-refractivity contribution in [1.29, 1.82) is 0 Å². The summed E-state index contributed by atoms with van der Waals surface area (Å²) in [5, 5.41) is 0. The first-order valence-corrected chi connectivity index (χ1v) is 10.6. The van der Waals surface area contributed by atoms with Gasteiger partial charge >= 0.3 is 0 Å². The van der Waals surface area contributed by atoms with Crippen LogP contribution < -0.4 is 15.6 Å². The van der Waals surface area contributed by atoms with Crippen molar-refractivity contribution in [2.75, 3.05) is 4.72 Å². The molecule has 0 bridgehead atoms. The van der Waals surface area contributed by atoms with Gasteiger partial charge < -0.3 is 4.42 Å². The summed E-state index contributed by atoms with van der Waals surface area (Å²) < 4.78 is 45.9. The summed E-state index contributed by atoms with van der Waals surface area (Å²) in [6.45, 7) is 4.94. The van der Waals surface area contributed by atoms with Crippen LogP contribution in [0.25, 0.3) is 0 Å². The fraction of sp³-hybridized carbons (Fsp3) is 0.143. The Kier molecular flexibility index (Phi) is 6.11. The van der Waals surface area contributed by atoms with E-state index in [2.05, 4.69) is 15.6 Å². The minimum Gasteiger partial charge on any atom is -0.466 e. The first-order chi connectivity index (χ1) is 14.6. The molecule has 0 aliphatic rings. The van der Waals surface area contributed by atoms with E-state index in [1.54, 1.807) is 20.8 Å². The minimum atomic E-state index is -4.03. The second kappa shape index (κ2) is 8.60. The van der Waals surface area contributed by atoms with Gasteiger partial charge in [0.05, 0.1) is 10.5 Å². The zero-order chi connectivity index (χ0) is 22.8. The van der Waals surface area contributed by atoms with Crippen molar-refractivity contribution in [2.45, 2.75) is 25.7 Å². The third-order valence-electron chi connectivity index (χ3n) is 4.44. The highest BCUT2D eigenvalue weighted by atomic mass is 32.2. The smallest absolute Gasteiger partial charge is 0.273 e. The molecule has 0 atom stereocenters. The van der Waals surface area contributed by atoms with E-state index in [1.165, 1.54) is 36.4 Å². The number of rotatable bonds is 5. The fourth-order valence-corrected chi connectivity index (χ4v) is 3.93. The van der Waals surface area contributed by atoms with Gasteiger partial charge in [-0.3, -0.25) is 25.2 Å². The van der Waals surface area contributed by atoms with Gasteiger partial charge in [0.2, 0.25) is 0 Å². The molecule has 8 nitrogen and oxygen atoms in total. The van der Waals surface area contributed by atoms with E-state index in [-0.39, 0.29) is 21.7 Å². The van der Waals surface area contributed by atoms with E-state index in [0.717, 1.165) is 12.1 Å². The maximum absolute atomic E-state index is 13.0. The van der Waals surface area contributed by atoms with Crippen LogP contribution in [0.15, 0.2) is 57.8 Å².